The Labute approximate surface area is 153 Å². The van der Waals surface area contributed by atoms with Crippen LogP contribution in [0, 0.1) is 0 Å². The van der Waals surface area contributed by atoms with E-state index in [-0.39, 0.29) is 12.2 Å². The molecule has 1 atom stereocenters. The number of carbonyl (C=O) groups excluding carboxylic acids is 2. The largest absolute Gasteiger partial charge is 0.466 e. The minimum atomic E-state index is -0.701. The third-order valence-electron chi connectivity index (χ3n) is 3.69. The van der Waals surface area contributed by atoms with Crippen LogP contribution in [0.3, 0.4) is 0 Å². The first-order chi connectivity index (χ1) is 12.0. The molecule has 0 aliphatic carbocycles. The SMILES string of the molecule is CC1=C(C(=O)OCc2ccco2)C(c2ccc(Cl)c(Cl)c2)NC(=O)N1. The van der Waals surface area contributed by atoms with Gasteiger partial charge in [0.2, 0.25) is 0 Å². The summed E-state index contributed by atoms with van der Waals surface area (Å²) in [5.41, 5.74) is 1.31. The molecule has 2 heterocycles. The van der Waals surface area contributed by atoms with Crippen molar-refractivity contribution in [2.45, 2.75) is 19.6 Å². The van der Waals surface area contributed by atoms with E-state index in [4.69, 9.17) is 32.4 Å². The van der Waals surface area contributed by atoms with Crippen LogP contribution < -0.4 is 10.6 Å². The van der Waals surface area contributed by atoms with Crippen molar-refractivity contribution in [3.05, 3.63) is 69.2 Å². The molecule has 6 nitrogen and oxygen atoms in total. The summed E-state index contributed by atoms with van der Waals surface area (Å²) in [4.78, 5) is 24.4. The zero-order valence-electron chi connectivity index (χ0n) is 13.1. The molecule has 0 bridgehead atoms. The zero-order chi connectivity index (χ0) is 18.0. The summed E-state index contributed by atoms with van der Waals surface area (Å²) in [7, 11) is 0. The normalized spacial score (nSPS) is 17.1. The number of ether oxygens (including phenoxy) is 1. The molecule has 2 amide bonds. The number of urea groups is 1. The van der Waals surface area contributed by atoms with E-state index in [1.165, 1.54) is 6.26 Å². The number of nitrogens with one attached hydrogen (secondary N) is 2. The van der Waals surface area contributed by atoms with Crippen molar-refractivity contribution in [1.82, 2.24) is 10.6 Å². The molecule has 0 spiro atoms. The molecule has 0 saturated carbocycles. The van der Waals surface area contributed by atoms with Gasteiger partial charge in [0, 0.05) is 5.70 Å². The molecule has 0 fully saturated rings. The Balaban J connectivity index is 1.89. The van der Waals surface area contributed by atoms with E-state index in [1.54, 1.807) is 37.3 Å². The summed E-state index contributed by atoms with van der Waals surface area (Å²) in [6.07, 6.45) is 1.49. The summed E-state index contributed by atoms with van der Waals surface area (Å²) >= 11 is 12.0. The fourth-order valence-corrected chi connectivity index (χ4v) is 2.82. The first-order valence-corrected chi connectivity index (χ1v) is 8.14. The predicted molar refractivity (Wildman–Crippen MR) is 92.1 cm³/mol. The number of allylic oxidation sites excluding steroid dienone is 1. The van der Waals surface area contributed by atoms with Gasteiger partial charge < -0.3 is 19.8 Å². The van der Waals surface area contributed by atoms with Gasteiger partial charge in [0.05, 0.1) is 27.9 Å². The second-order valence-electron chi connectivity index (χ2n) is 5.40. The van der Waals surface area contributed by atoms with Gasteiger partial charge in [0.25, 0.3) is 0 Å². The highest BCUT2D eigenvalue weighted by Gasteiger charge is 2.32. The number of halogens is 2. The second-order valence-corrected chi connectivity index (χ2v) is 6.21. The standard InChI is InChI=1S/C17H14Cl2N2O4/c1-9-14(16(22)25-8-11-3-2-6-24-11)15(21-17(23)20-9)10-4-5-12(18)13(19)7-10/h2-7,15H,8H2,1H3,(H2,20,21,23). The second kappa shape index (κ2) is 7.21. The van der Waals surface area contributed by atoms with Gasteiger partial charge in [-0.3, -0.25) is 0 Å². The highest BCUT2D eigenvalue weighted by Crippen LogP contribution is 2.32. The lowest BCUT2D eigenvalue weighted by molar-refractivity contribution is -0.141. The van der Waals surface area contributed by atoms with E-state index in [0.29, 0.717) is 27.1 Å². The molecule has 2 N–H and O–H groups in total. The van der Waals surface area contributed by atoms with Crippen molar-refractivity contribution in [2.24, 2.45) is 0 Å². The monoisotopic (exact) mass is 380 g/mol. The highest BCUT2D eigenvalue weighted by atomic mass is 35.5. The van der Waals surface area contributed by atoms with Crippen molar-refractivity contribution < 1.29 is 18.7 Å². The Bertz CT molecular complexity index is 846. The third-order valence-corrected chi connectivity index (χ3v) is 4.43. The van der Waals surface area contributed by atoms with Crippen LogP contribution in [0.15, 0.2) is 52.3 Å². The summed E-state index contributed by atoms with van der Waals surface area (Å²) in [6.45, 7) is 1.62. The Morgan fingerprint density at radius 2 is 2.08 bits per heavy atom. The van der Waals surface area contributed by atoms with Crippen LogP contribution in [0.5, 0.6) is 0 Å². The molecule has 0 radical (unpaired) electrons. The number of rotatable bonds is 4. The number of hydrogen-bond donors (Lipinski definition) is 2. The van der Waals surface area contributed by atoms with Gasteiger partial charge in [-0.2, -0.15) is 0 Å². The topological polar surface area (TPSA) is 80.6 Å². The van der Waals surface area contributed by atoms with Gasteiger partial charge in [-0.05, 0) is 36.8 Å². The number of furan rings is 1. The first kappa shape index (κ1) is 17.4. The average Bonchev–Trinajstić information content (AvgIpc) is 3.08. The molecular formula is C17H14Cl2N2O4. The molecule has 1 aromatic carbocycles. The van der Waals surface area contributed by atoms with Crippen LogP contribution in [0.2, 0.25) is 10.0 Å². The van der Waals surface area contributed by atoms with Gasteiger partial charge in [-0.25, -0.2) is 9.59 Å². The number of hydrogen-bond acceptors (Lipinski definition) is 4. The lowest BCUT2D eigenvalue weighted by Gasteiger charge is -2.28. The maximum atomic E-state index is 12.6. The molecule has 8 heteroatoms. The van der Waals surface area contributed by atoms with Gasteiger partial charge in [-0.1, -0.05) is 29.3 Å². The van der Waals surface area contributed by atoms with E-state index < -0.39 is 18.0 Å². The minimum Gasteiger partial charge on any atom is -0.466 e. The molecule has 0 saturated heterocycles. The maximum absolute atomic E-state index is 12.6. The number of carbonyl (C=O) groups is 2. The summed E-state index contributed by atoms with van der Waals surface area (Å²) in [5.74, 6) is -0.0528. The van der Waals surface area contributed by atoms with Crippen molar-refractivity contribution in [1.29, 1.82) is 0 Å². The van der Waals surface area contributed by atoms with Crippen molar-refractivity contribution >= 4 is 35.2 Å². The van der Waals surface area contributed by atoms with Crippen LogP contribution >= 0.6 is 23.2 Å². The minimum absolute atomic E-state index is 0.00927. The fourth-order valence-electron chi connectivity index (χ4n) is 2.52. The molecule has 2 aromatic rings. The van der Waals surface area contributed by atoms with Gasteiger partial charge in [0.1, 0.15) is 12.4 Å². The Kier molecular flexibility index (Phi) is 5.01. The smallest absolute Gasteiger partial charge is 0.338 e. The van der Waals surface area contributed by atoms with Crippen LogP contribution in [-0.2, 0) is 16.1 Å². The molecular weight excluding hydrogens is 367 g/mol. The Hall–Kier alpha value is -2.44. The first-order valence-electron chi connectivity index (χ1n) is 7.38. The number of benzene rings is 1. The quantitative estimate of drug-likeness (QED) is 0.786. The third kappa shape index (κ3) is 3.81. The zero-order valence-corrected chi connectivity index (χ0v) is 14.6. The lowest BCUT2D eigenvalue weighted by atomic mass is 9.95. The van der Waals surface area contributed by atoms with Crippen molar-refractivity contribution in [3.8, 4) is 0 Å². The van der Waals surface area contributed by atoms with Crippen LogP contribution in [-0.4, -0.2) is 12.0 Å². The number of esters is 1. The number of amides is 2. The van der Waals surface area contributed by atoms with Crippen LogP contribution in [0.4, 0.5) is 4.79 Å². The van der Waals surface area contributed by atoms with E-state index in [2.05, 4.69) is 10.6 Å². The van der Waals surface area contributed by atoms with E-state index in [0.717, 1.165) is 0 Å². The average molecular weight is 381 g/mol. The highest BCUT2D eigenvalue weighted by molar-refractivity contribution is 6.42. The molecule has 1 aromatic heterocycles. The maximum Gasteiger partial charge on any atom is 0.338 e. The summed E-state index contributed by atoms with van der Waals surface area (Å²) < 4.78 is 10.4. The van der Waals surface area contributed by atoms with Crippen LogP contribution in [0.1, 0.15) is 24.3 Å². The fraction of sp³-hybridized carbons (Fsp3) is 0.176. The van der Waals surface area contributed by atoms with E-state index in [1.807, 2.05) is 0 Å². The molecule has 25 heavy (non-hydrogen) atoms. The molecule has 3 rings (SSSR count). The molecule has 1 aliphatic heterocycles. The Morgan fingerprint density at radius 3 is 2.76 bits per heavy atom. The molecule has 130 valence electrons. The van der Waals surface area contributed by atoms with E-state index in [9.17, 15) is 9.59 Å². The van der Waals surface area contributed by atoms with Gasteiger partial charge in [-0.15, -0.1) is 0 Å². The summed E-state index contributed by atoms with van der Waals surface area (Å²) in [6, 6.07) is 7.18. The Morgan fingerprint density at radius 1 is 1.28 bits per heavy atom. The van der Waals surface area contributed by atoms with Crippen LogP contribution in [0.25, 0.3) is 0 Å². The van der Waals surface area contributed by atoms with Gasteiger partial charge >= 0.3 is 12.0 Å². The van der Waals surface area contributed by atoms with E-state index >= 15 is 0 Å². The predicted octanol–water partition coefficient (Wildman–Crippen LogP) is 3.96. The van der Waals surface area contributed by atoms with Crippen molar-refractivity contribution in [3.63, 3.8) is 0 Å². The lowest BCUT2D eigenvalue weighted by Crippen LogP contribution is -2.45. The molecule has 1 unspecified atom stereocenters. The van der Waals surface area contributed by atoms with Gasteiger partial charge in [0.15, 0.2) is 0 Å². The molecule has 1 aliphatic rings. The van der Waals surface area contributed by atoms with Crippen molar-refractivity contribution in [2.75, 3.05) is 0 Å². The summed E-state index contributed by atoms with van der Waals surface area (Å²) in [5, 5.41) is 5.98.